The first-order valence-corrected chi connectivity index (χ1v) is 3.11. The molecule has 1 rings (SSSR count). The standard InChI is InChI=1S/C8H4FNO2/c9-12-8(11)7-4-2-1-3-6(7)5-10/h1-4H. The minimum absolute atomic E-state index is 0.0671. The lowest BCUT2D eigenvalue weighted by atomic mass is 10.1. The van der Waals surface area contributed by atoms with Crippen molar-refractivity contribution < 1.29 is 14.3 Å². The van der Waals surface area contributed by atoms with Gasteiger partial charge in [0.25, 0.3) is 0 Å². The first-order valence-electron chi connectivity index (χ1n) is 3.11. The molecule has 0 bridgehead atoms. The highest BCUT2D eigenvalue weighted by molar-refractivity contribution is 5.91. The van der Waals surface area contributed by atoms with Gasteiger partial charge in [-0.2, -0.15) is 5.26 Å². The molecule has 0 unspecified atom stereocenters. The minimum atomic E-state index is -1.15. The smallest absolute Gasteiger partial charge is 0.249 e. The lowest BCUT2D eigenvalue weighted by molar-refractivity contribution is -0.0788. The summed E-state index contributed by atoms with van der Waals surface area (Å²) in [5.41, 5.74) is 0.0302. The van der Waals surface area contributed by atoms with E-state index in [0.29, 0.717) is 0 Å². The van der Waals surface area contributed by atoms with Crippen LogP contribution in [0.25, 0.3) is 0 Å². The molecule has 0 fully saturated rings. The second-order valence-corrected chi connectivity index (χ2v) is 2.02. The summed E-state index contributed by atoms with van der Waals surface area (Å²) >= 11 is 0. The molecule has 60 valence electrons. The predicted octanol–water partition coefficient (Wildman–Crippen LogP) is 1.60. The van der Waals surface area contributed by atoms with Crippen LogP contribution in [0.1, 0.15) is 15.9 Å². The second-order valence-electron chi connectivity index (χ2n) is 2.02. The van der Waals surface area contributed by atoms with Crippen LogP contribution in [-0.2, 0) is 4.94 Å². The van der Waals surface area contributed by atoms with E-state index < -0.39 is 5.97 Å². The lowest BCUT2D eigenvalue weighted by Crippen LogP contribution is -2.01. The normalized spacial score (nSPS) is 8.67. The van der Waals surface area contributed by atoms with Crippen molar-refractivity contribution in [3.05, 3.63) is 35.4 Å². The monoisotopic (exact) mass is 165 g/mol. The van der Waals surface area contributed by atoms with Crippen molar-refractivity contribution in [3.8, 4) is 6.07 Å². The van der Waals surface area contributed by atoms with Crippen LogP contribution in [0.3, 0.4) is 0 Å². The Morgan fingerprint density at radius 3 is 2.75 bits per heavy atom. The molecule has 0 saturated carbocycles. The van der Waals surface area contributed by atoms with E-state index in [1.807, 2.05) is 0 Å². The molecule has 12 heavy (non-hydrogen) atoms. The van der Waals surface area contributed by atoms with E-state index in [0.717, 1.165) is 0 Å². The second kappa shape index (κ2) is 3.49. The van der Waals surface area contributed by atoms with Gasteiger partial charge in [-0.1, -0.05) is 12.1 Å². The van der Waals surface area contributed by atoms with Crippen molar-refractivity contribution in [2.24, 2.45) is 0 Å². The van der Waals surface area contributed by atoms with Crippen LogP contribution in [0.2, 0.25) is 0 Å². The van der Waals surface area contributed by atoms with Gasteiger partial charge in [-0.25, -0.2) is 9.74 Å². The number of rotatable bonds is 1. The average molecular weight is 165 g/mol. The fraction of sp³-hybridized carbons (Fsp3) is 0. The van der Waals surface area contributed by atoms with E-state index in [4.69, 9.17) is 5.26 Å². The Kier molecular flexibility index (Phi) is 2.38. The molecule has 0 N–H and O–H groups in total. The fourth-order valence-corrected chi connectivity index (χ4v) is 0.800. The summed E-state index contributed by atoms with van der Waals surface area (Å²) in [6.45, 7) is 0. The molecule has 3 nitrogen and oxygen atoms in total. The van der Waals surface area contributed by atoms with Gasteiger partial charge in [0.15, 0.2) is 0 Å². The quantitative estimate of drug-likeness (QED) is 0.635. The first kappa shape index (κ1) is 8.21. The maximum Gasteiger partial charge on any atom is 0.380 e. The largest absolute Gasteiger partial charge is 0.380 e. The molecule has 0 atom stereocenters. The van der Waals surface area contributed by atoms with Gasteiger partial charge >= 0.3 is 5.97 Å². The molecular formula is C8H4FNO2. The molecule has 4 heteroatoms. The molecule has 1 aromatic carbocycles. The molecule has 0 amide bonds. The van der Waals surface area contributed by atoms with Gasteiger partial charge in [0.2, 0.25) is 0 Å². The zero-order chi connectivity index (χ0) is 8.97. The van der Waals surface area contributed by atoms with Crippen LogP contribution in [-0.4, -0.2) is 5.97 Å². The Bertz CT molecular complexity index is 343. The Labute approximate surface area is 67.9 Å². The van der Waals surface area contributed by atoms with Gasteiger partial charge in [-0.3, -0.25) is 0 Å². The molecule has 0 spiro atoms. The van der Waals surface area contributed by atoms with E-state index in [-0.39, 0.29) is 11.1 Å². The Hall–Kier alpha value is -1.89. The van der Waals surface area contributed by atoms with Crippen molar-refractivity contribution >= 4 is 5.97 Å². The third-order valence-corrected chi connectivity index (χ3v) is 1.34. The fourth-order valence-electron chi connectivity index (χ4n) is 0.800. The molecule has 0 aromatic heterocycles. The van der Waals surface area contributed by atoms with Crippen LogP contribution >= 0.6 is 0 Å². The zero-order valence-corrected chi connectivity index (χ0v) is 5.95. The molecule has 0 aliphatic carbocycles. The first-order chi connectivity index (χ1) is 5.79. The molecule has 0 heterocycles. The molecule has 0 saturated heterocycles. The third kappa shape index (κ3) is 1.40. The maximum absolute atomic E-state index is 11.4. The van der Waals surface area contributed by atoms with Crippen molar-refractivity contribution in [1.82, 2.24) is 0 Å². The highest BCUT2D eigenvalue weighted by Crippen LogP contribution is 2.08. The van der Waals surface area contributed by atoms with Crippen LogP contribution < -0.4 is 0 Å². The summed E-state index contributed by atoms with van der Waals surface area (Å²) < 4.78 is 11.4. The Morgan fingerprint density at radius 2 is 2.17 bits per heavy atom. The highest BCUT2D eigenvalue weighted by Gasteiger charge is 2.11. The molecule has 0 aliphatic rings. The molecular weight excluding hydrogens is 161 g/mol. The SMILES string of the molecule is N#Cc1ccccc1C(=O)OF. The van der Waals surface area contributed by atoms with Crippen molar-refractivity contribution in [2.45, 2.75) is 0 Å². The predicted molar refractivity (Wildman–Crippen MR) is 37.7 cm³/mol. The van der Waals surface area contributed by atoms with Crippen LogP contribution in [0.4, 0.5) is 4.53 Å². The number of carbonyl (C=O) groups excluding carboxylic acids is 1. The molecule has 0 aliphatic heterocycles. The minimum Gasteiger partial charge on any atom is -0.249 e. The van der Waals surface area contributed by atoms with Crippen molar-refractivity contribution in [1.29, 1.82) is 5.26 Å². The van der Waals surface area contributed by atoms with Gasteiger partial charge in [0.1, 0.15) is 6.07 Å². The Morgan fingerprint density at radius 1 is 1.50 bits per heavy atom. The summed E-state index contributed by atoms with van der Waals surface area (Å²) in [5.74, 6) is -1.15. The van der Waals surface area contributed by atoms with E-state index in [1.54, 1.807) is 12.1 Å². The van der Waals surface area contributed by atoms with E-state index in [2.05, 4.69) is 4.94 Å². The van der Waals surface area contributed by atoms with Crippen LogP contribution in [0.5, 0.6) is 0 Å². The summed E-state index contributed by atoms with van der Waals surface area (Å²) in [4.78, 5) is 13.6. The van der Waals surface area contributed by atoms with E-state index >= 15 is 0 Å². The van der Waals surface area contributed by atoms with Crippen molar-refractivity contribution in [3.63, 3.8) is 0 Å². The number of benzene rings is 1. The highest BCUT2D eigenvalue weighted by atomic mass is 19.3. The average Bonchev–Trinajstić information content (AvgIpc) is 2.16. The Balaban J connectivity index is 3.16. The van der Waals surface area contributed by atoms with Gasteiger partial charge in [0, 0.05) is 4.53 Å². The zero-order valence-electron chi connectivity index (χ0n) is 5.95. The summed E-state index contributed by atoms with van der Waals surface area (Å²) in [6, 6.07) is 7.57. The lowest BCUT2D eigenvalue weighted by Gasteiger charge is -1.95. The topological polar surface area (TPSA) is 50.1 Å². The van der Waals surface area contributed by atoms with E-state index in [1.165, 1.54) is 18.2 Å². The molecule has 0 radical (unpaired) electrons. The van der Waals surface area contributed by atoms with Gasteiger partial charge in [-0.15, -0.1) is 0 Å². The van der Waals surface area contributed by atoms with E-state index in [9.17, 15) is 9.32 Å². The van der Waals surface area contributed by atoms with Gasteiger partial charge < -0.3 is 0 Å². The summed E-state index contributed by atoms with van der Waals surface area (Å²) in [5, 5.41) is 8.48. The third-order valence-electron chi connectivity index (χ3n) is 1.34. The maximum atomic E-state index is 11.4. The van der Waals surface area contributed by atoms with Crippen molar-refractivity contribution in [2.75, 3.05) is 0 Å². The van der Waals surface area contributed by atoms with Crippen LogP contribution in [0.15, 0.2) is 24.3 Å². The summed E-state index contributed by atoms with van der Waals surface area (Å²) in [6.07, 6.45) is 0. The number of nitriles is 1. The molecule has 1 aromatic rings. The number of nitrogens with zero attached hydrogens (tertiary/aromatic N) is 1. The number of hydrogen-bond donors (Lipinski definition) is 0. The summed E-state index contributed by atoms with van der Waals surface area (Å²) in [7, 11) is 0. The van der Waals surface area contributed by atoms with Crippen LogP contribution in [0, 0.1) is 11.3 Å². The van der Waals surface area contributed by atoms with Gasteiger partial charge in [-0.05, 0) is 12.1 Å². The number of carbonyl (C=O) groups is 1. The number of hydrogen-bond acceptors (Lipinski definition) is 3. The number of halogens is 1. The van der Waals surface area contributed by atoms with Gasteiger partial charge in [0.05, 0.1) is 11.1 Å².